The van der Waals surface area contributed by atoms with Crippen molar-refractivity contribution in [1.82, 2.24) is 0 Å². The van der Waals surface area contributed by atoms with E-state index in [4.69, 9.17) is 5.73 Å². The molecule has 0 radical (unpaired) electrons. The molecule has 1 aliphatic heterocycles. The molecule has 0 bridgehead atoms. The lowest BCUT2D eigenvalue weighted by Gasteiger charge is -2.16. The number of hydrogen-bond donors (Lipinski definition) is 1. The third kappa shape index (κ3) is 1.77. The number of anilines is 1. The van der Waals surface area contributed by atoms with Crippen molar-refractivity contribution in [2.75, 3.05) is 18.0 Å². The number of Topliss-reactive ketones (excluding diaryl/α,β-unsaturated/α-hetero) is 1. The minimum atomic E-state index is 0.327. The lowest BCUT2D eigenvalue weighted by molar-refractivity contribution is -0.116. The van der Waals surface area contributed by atoms with Crippen molar-refractivity contribution in [2.24, 2.45) is 5.73 Å². The molecule has 0 saturated carbocycles. The molecule has 1 saturated heterocycles. The molecular weight excluding hydrogens is 176 g/mol. The molecule has 2 rings (SSSR count). The second kappa shape index (κ2) is 3.80. The molecule has 1 heterocycles. The van der Waals surface area contributed by atoms with E-state index in [0.29, 0.717) is 25.3 Å². The Morgan fingerprint density at radius 3 is 2.50 bits per heavy atom. The highest BCUT2D eigenvalue weighted by molar-refractivity contribution is 5.87. The summed E-state index contributed by atoms with van der Waals surface area (Å²) in [5, 5.41) is 0. The summed E-state index contributed by atoms with van der Waals surface area (Å²) in [5.41, 5.74) is 7.75. The molecule has 0 unspecified atom stereocenters. The van der Waals surface area contributed by atoms with E-state index in [0.717, 1.165) is 17.8 Å². The molecule has 14 heavy (non-hydrogen) atoms. The first kappa shape index (κ1) is 9.21. The zero-order valence-corrected chi connectivity index (χ0v) is 8.07. The van der Waals surface area contributed by atoms with Gasteiger partial charge in [0.1, 0.15) is 0 Å². The molecule has 0 spiro atoms. The van der Waals surface area contributed by atoms with Crippen LogP contribution in [0.15, 0.2) is 24.3 Å². The summed E-state index contributed by atoms with van der Waals surface area (Å²) < 4.78 is 0. The monoisotopic (exact) mass is 190 g/mol. The number of nitrogens with zero attached hydrogens (tertiary/aromatic N) is 1. The van der Waals surface area contributed by atoms with Crippen LogP contribution < -0.4 is 10.6 Å². The molecule has 1 aromatic carbocycles. The zero-order valence-electron chi connectivity index (χ0n) is 8.07. The Labute approximate surface area is 83.5 Å². The molecule has 3 nitrogen and oxygen atoms in total. The molecule has 74 valence electrons. The van der Waals surface area contributed by atoms with Crippen LogP contribution in [-0.2, 0) is 11.3 Å². The fourth-order valence-corrected chi connectivity index (χ4v) is 1.69. The number of benzene rings is 1. The van der Waals surface area contributed by atoms with E-state index in [-0.39, 0.29) is 0 Å². The Kier molecular flexibility index (Phi) is 2.50. The van der Waals surface area contributed by atoms with Crippen LogP contribution in [-0.4, -0.2) is 18.9 Å². The highest BCUT2D eigenvalue weighted by atomic mass is 16.1. The third-order valence-electron chi connectivity index (χ3n) is 2.56. The van der Waals surface area contributed by atoms with Gasteiger partial charge in [-0.25, -0.2) is 0 Å². The van der Waals surface area contributed by atoms with Crippen LogP contribution in [0.5, 0.6) is 0 Å². The van der Waals surface area contributed by atoms with E-state index in [1.165, 1.54) is 0 Å². The largest absolute Gasteiger partial charge is 0.364 e. The van der Waals surface area contributed by atoms with E-state index in [9.17, 15) is 4.79 Å². The van der Waals surface area contributed by atoms with Crippen LogP contribution in [0.25, 0.3) is 0 Å². The minimum absolute atomic E-state index is 0.327. The number of ketones is 1. The lowest BCUT2D eigenvalue weighted by Crippen LogP contribution is -2.19. The van der Waals surface area contributed by atoms with E-state index in [2.05, 4.69) is 4.90 Å². The molecule has 1 fully saturated rings. The Hall–Kier alpha value is -1.35. The Balaban J connectivity index is 2.13. The highest BCUT2D eigenvalue weighted by Crippen LogP contribution is 2.18. The van der Waals surface area contributed by atoms with Gasteiger partial charge in [-0.15, -0.1) is 0 Å². The fourth-order valence-electron chi connectivity index (χ4n) is 1.69. The molecule has 1 aliphatic rings. The van der Waals surface area contributed by atoms with Crippen LogP contribution in [0.3, 0.4) is 0 Å². The Morgan fingerprint density at radius 1 is 1.29 bits per heavy atom. The first-order valence-corrected chi connectivity index (χ1v) is 4.85. The summed E-state index contributed by atoms with van der Waals surface area (Å²) in [6, 6.07) is 8.08. The second-order valence-electron chi connectivity index (χ2n) is 3.58. The van der Waals surface area contributed by atoms with Crippen LogP contribution in [0.2, 0.25) is 0 Å². The van der Waals surface area contributed by atoms with Crippen molar-refractivity contribution in [1.29, 1.82) is 0 Å². The number of rotatable bonds is 2. The van der Waals surface area contributed by atoms with Gasteiger partial charge in [0, 0.05) is 25.2 Å². The lowest BCUT2D eigenvalue weighted by atomic mass is 10.2. The SMILES string of the molecule is NCc1ccc(N2CCC(=O)C2)cc1. The molecule has 0 aliphatic carbocycles. The predicted octanol–water partition coefficient (Wildman–Crippen LogP) is 0.924. The molecule has 3 heteroatoms. The van der Waals surface area contributed by atoms with Crippen molar-refractivity contribution >= 4 is 11.5 Å². The summed E-state index contributed by atoms with van der Waals surface area (Å²) in [6.07, 6.45) is 0.679. The minimum Gasteiger partial charge on any atom is -0.364 e. The number of carbonyl (C=O) groups is 1. The summed E-state index contributed by atoms with van der Waals surface area (Å²) in [5.74, 6) is 0.327. The number of hydrogen-bond acceptors (Lipinski definition) is 3. The average molecular weight is 190 g/mol. The number of nitrogens with two attached hydrogens (primary N) is 1. The fraction of sp³-hybridized carbons (Fsp3) is 0.364. The number of carbonyl (C=O) groups excluding carboxylic acids is 1. The molecule has 0 amide bonds. The third-order valence-corrected chi connectivity index (χ3v) is 2.56. The van der Waals surface area contributed by atoms with Crippen LogP contribution in [0.1, 0.15) is 12.0 Å². The van der Waals surface area contributed by atoms with Crippen LogP contribution in [0, 0.1) is 0 Å². The van der Waals surface area contributed by atoms with E-state index >= 15 is 0 Å². The zero-order chi connectivity index (χ0) is 9.97. The summed E-state index contributed by atoms with van der Waals surface area (Å²) in [7, 11) is 0. The van der Waals surface area contributed by atoms with E-state index < -0.39 is 0 Å². The van der Waals surface area contributed by atoms with Gasteiger partial charge in [-0.3, -0.25) is 4.79 Å². The first-order valence-electron chi connectivity index (χ1n) is 4.85. The topological polar surface area (TPSA) is 46.3 Å². The van der Waals surface area contributed by atoms with Gasteiger partial charge in [0.25, 0.3) is 0 Å². The summed E-state index contributed by atoms with van der Waals surface area (Å²) in [4.78, 5) is 13.2. The normalized spacial score (nSPS) is 16.4. The quantitative estimate of drug-likeness (QED) is 0.754. The van der Waals surface area contributed by atoms with Crippen molar-refractivity contribution in [3.63, 3.8) is 0 Å². The second-order valence-corrected chi connectivity index (χ2v) is 3.58. The molecule has 0 aromatic heterocycles. The van der Waals surface area contributed by atoms with E-state index in [1.54, 1.807) is 0 Å². The maximum Gasteiger partial charge on any atom is 0.153 e. The van der Waals surface area contributed by atoms with Gasteiger partial charge >= 0.3 is 0 Å². The maximum absolute atomic E-state index is 11.1. The smallest absolute Gasteiger partial charge is 0.153 e. The summed E-state index contributed by atoms with van der Waals surface area (Å²) >= 11 is 0. The Morgan fingerprint density at radius 2 is 2.00 bits per heavy atom. The van der Waals surface area contributed by atoms with Gasteiger partial charge < -0.3 is 10.6 Å². The van der Waals surface area contributed by atoms with Crippen molar-refractivity contribution < 1.29 is 4.79 Å². The van der Waals surface area contributed by atoms with Gasteiger partial charge in [0.2, 0.25) is 0 Å². The molecule has 1 aromatic rings. The standard InChI is InChI=1S/C11H14N2O/c12-7-9-1-3-10(4-2-9)13-6-5-11(14)8-13/h1-4H,5-8,12H2. The molecular formula is C11H14N2O. The van der Waals surface area contributed by atoms with Gasteiger partial charge in [0.05, 0.1) is 6.54 Å². The Bertz CT molecular complexity index is 332. The van der Waals surface area contributed by atoms with Crippen LogP contribution in [0.4, 0.5) is 5.69 Å². The van der Waals surface area contributed by atoms with Gasteiger partial charge in [-0.2, -0.15) is 0 Å². The maximum atomic E-state index is 11.1. The molecule has 2 N–H and O–H groups in total. The summed E-state index contributed by atoms with van der Waals surface area (Å²) in [6.45, 7) is 1.97. The van der Waals surface area contributed by atoms with Crippen molar-refractivity contribution in [3.8, 4) is 0 Å². The van der Waals surface area contributed by atoms with E-state index in [1.807, 2.05) is 24.3 Å². The highest BCUT2D eigenvalue weighted by Gasteiger charge is 2.18. The average Bonchev–Trinajstić information content (AvgIpc) is 2.65. The first-order chi connectivity index (χ1) is 6.79. The van der Waals surface area contributed by atoms with Gasteiger partial charge in [0.15, 0.2) is 5.78 Å². The molecule has 0 atom stereocenters. The van der Waals surface area contributed by atoms with Crippen molar-refractivity contribution in [3.05, 3.63) is 29.8 Å². The van der Waals surface area contributed by atoms with Crippen LogP contribution >= 0.6 is 0 Å². The predicted molar refractivity (Wildman–Crippen MR) is 56.2 cm³/mol. The van der Waals surface area contributed by atoms with Gasteiger partial charge in [-0.1, -0.05) is 12.1 Å². The van der Waals surface area contributed by atoms with Crippen molar-refractivity contribution in [2.45, 2.75) is 13.0 Å². The van der Waals surface area contributed by atoms with Gasteiger partial charge in [-0.05, 0) is 17.7 Å².